The third-order valence-corrected chi connectivity index (χ3v) is 3.11. The molecule has 1 aromatic rings. The van der Waals surface area contributed by atoms with Crippen LogP contribution in [0.4, 0.5) is 15.3 Å². The Labute approximate surface area is 148 Å². The third kappa shape index (κ3) is 5.54. The first kappa shape index (κ1) is 18.8. The first-order valence-corrected chi connectivity index (χ1v) is 7.58. The zero-order valence-corrected chi connectivity index (χ0v) is 13.9. The number of rotatable bonds is 5. The molecule has 1 aliphatic heterocycles. The van der Waals surface area contributed by atoms with Crippen LogP contribution < -0.4 is 31.2 Å². The van der Waals surface area contributed by atoms with Gasteiger partial charge in [-0.05, 0) is 19.1 Å². The fraction of sp³-hybridized carbons (Fsp3) is 0.333. The van der Waals surface area contributed by atoms with Crippen molar-refractivity contribution in [1.29, 1.82) is 0 Å². The summed E-state index contributed by atoms with van der Waals surface area (Å²) in [4.78, 5) is 45.5. The summed E-state index contributed by atoms with van der Waals surface area (Å²) in [6.07, 6.45) is 0. The van der Waals surface area contributed by atoms with E-state index >= 15 is 0 Å². The van der Waals surface area contributed by atoms with Gasteiger partial charge >= 0.3 is 18.0 Å². The van der Waals surface area contributed by atoms with Gasteiger partial charge in [0.05, 0.1) is 0 Å². The van der Waals surface area contributed by atoms with Crippen LogP contribution in [0.3, 0.4) is 0 Å². The highest BCUT2D eigenvalue weighted by molar-refractivity contribution is 6.02. The topological polar surface area (TPSA) is 158 Å². The Bertz CT molecular complexity index is 722. The number of nitrogens with one attached hydrogen (secondary N) is 3. The van der Waals surface area contributed by atoms with E-state index < -0.39 is 36.6 Å². The lowest BCUT2D eigenvalue weighted by Crippen LogP contribution is -2.44. The van der Waals surface area contributed by atoms with E-state index in [0.717, 1.165) is 0 Å². The Morgan fingerprint density at radius 3 is 2.58 bits per heavy atom. The maximum absolute atomic E-state index is 11.8. The number of amides is 5. The van der Waals surface area contributed by atoms with Crippen LogP contribution in [0.25, 0.3) is 0 Å². The van der Waals surface area contributed by atoms with Crippen molar-refractivity contribution >= 4 is 29.6 Å². The molecule has 0 unspecified atom stereocenters. The van der Waals surface area contributed by atoms with Crippen LogP contribution in [0.2, 0.25) is 0 Å². The molecule has 5 amide bonds. The van der Waals surface area contributed by atoms with Crippen molar-refractivity contribution in [2.75, 3.05) is 25.1 Å². The van der Waals surface area contributed by atoms with Gasteiger partial charge in [-0.15, -0.1) is 0 Å². The lowest BCUT2D eigenvalue weighted by atomic mass is 10.2. The van der Waals surface area contributed by atoms with Crippen LogP contribution in [-0.4, -0.2) is 49.8 Å². The molecule has 0 fully saturated rings. The third-order valence-electron chi connectivity index (χ3n) is 3.11. The number of ether oxygens (including phenoxy) is 3. The number of anilines is 1. The highest BCUT2D eigenvalue weighted by Gasteiger charge is 2.18. The van der Waals surface area contributed by atoms with Crippen LogP contribution in [-0.2, 0) is 14.3 Å². The molecule has 0 aliphatic carbocycles. The summed E-state index contributed by atoms with van der Waals surface area (Å²) in [7, 11) is 0. The van der Waals surface area contributed by atoms with E-state index in [2.05, 4.69) is 15.4 Å². The molecule has 11 nitrogen and oxygen atoms in total. The average Bonchev–Trinajstić information content (AvgIpc) is 2.58. The van der Waals surface area contributed by atoms with E-state index in [9.17, 15) is 19.2 Å². The number of fused-ring (bicyclic) bond motifs is 1. The summed E-state index contributed by atoms with van der Waals surface area (Å²) >= 11 is 0. The first-order valence-electron chi connectivity index (χ1n) is 7.58. The minimum absolute atomic E-state index is 0.385. The first-order chi connectivity index (χ1) is 12.3. The Morgan fingerprint density at radius 2 is 1.88 bits per heavy atom. The van der Waals surface area contributed by atoms with Gasteiger partial charge in [-0.1, -0.05) is 0 Å². The highest BCUT2D eigenvalue weighted by Crippen LogP contribution is 2.32. The number of carbonyl (C=O) groups is 4. The predicted molar refractivity (Wildman–Crippen MR) is 87.7 cm³/mol. The van der Waals surface area contributed by atoms with Gasteiger partial charge in [0.2, 0.25) is 0 Å². The molecule has 1 atom stereocenters. The fourth-order valence-electron chi connectivity index (χ4n) is 1.98. The lowest BCUT2D eigenvalue weighted by Gasteiger charge is -2.19. The normalized spacial score (nSPS) is 13.1. The van der Waals surface area contributed by atoms with E-state index in [1.165, 1.54) is 6.92 Å². The molecule has 0 spiro atoms. The molecular formula is C15H18N4O7. The molecule has 1 aromatic carbocycles. The summed E-state index contributed by atoms with van der Waals surface area (Å²) in [5.41, 5.74) is 5.25. The Balaban J connectivity index is 1.77. The van der Waals surface area contributed by atoms with Crippen LogP contribution in [0.15, 0.2) is 18.2 Å². The second kappa shape index (κ2) is 8.55. The molecule has 1 aliphatic rings. The quantitative estimate of drug-likeness (QED) is 0.521. The summed E-state index contributed by atoms with van der Waals surface area (Å²) in [5.74, 6) is -0.681. The number of carbonyl (C=O) groups excluding carboxylic acids is 4. The number of benzene rings is 1. The molecule has 0 bridgehead atoms. The largest absolute Gasteiger partial charge is 0.486 e. The Hall–Kier alpha value is -3.50. The summed E-state index contributed by atoms with van der Waals surface area (Å²) in [5, 5.41) is 6.53. The summed E-state index contributed by atoms with van der Waals surface area (Å²) in [6.45, 7) is 1.48. The number of imide groups is 1. The lowest BCUT2D eigenvalue weighted by molar-refractivity contribution is -0.149. The van der Waals surface area contributed by atoms with Gasteiger partial charge in [0, 0.05) is 11.8 Å². The predicted octanol–water partition coefficient (Wildman–Crippen LogP) is -0.294. The van der Waals surface area contributed by atoms with Crippen molar-refractivity contribution < 1.29 is 33.4 Å². The SMILES string of the molecule is C[C@H](NC(N)=O)C(=O)OCC(=O)NC(=O)Nc1ccc2c(c1)OCCO2. The molecule has 0 radical (unpaired) electrons. The van der Waals surface area contributed by atoms with Gasteiger partial charge in [-0.3, -0.25) is 10.1 Å². The summed E-state index contributed by atoms with van der Waals surface area (Å²) < 4.78 is 15.4. The molecule has 2 rings (SSSR count). The zero-order valence-electron chi connectivity index (χ0n) is 13.9. The number of hydrogen-bond donors (Lipinski definition) is 4. The van der Waals surface area contributed by atoms with Gasteiger partial charge in [0.15, 0.2) is 18.1 Å². The standard InChI is InChI=1S/C15H18N4O7/c1-8(17-14(16)22)13(21)26-7-12(20)19-15(23)18-9-2-3-10-11(6-9)25-5-4-24-10/h2-3,6,8H,4-5,7H2,1H3,(H3,16,17,22)(H2,18,19,20,23)/t8-/m0/s1. The smallest absolute Gasteiger partial charge is 0.328 e. The molecule has 0 saturated heterocycles. The second-order valence-electron chi connectivity index (χ2n) is 5.20. The van der Waals surface area contributed by atoms with Crippen LogP contribution >= 0.6 is 0 Å². The van der Waals surface area contributed by atoms with Crippen LogP contribution in [0.1, 0.15) is 6.92 Å². The molecular weight excluding hydrogens is 348 g/mol. The van der Waals surface area contributed by atoms with Crippen molar-refractivity contribution in [3.63, 3.8) is 0 Å². The molecule has 26 heavy (non-hydrogen) atoms. The molecule has 11 heteroatoms. The number of nitrogens with two attached hydrogens (primary N) is 1. The fourth-order valence-corrected chi connectivity index (χ4v) is 1.98. The number of esters is 1. The minimum Gasteiger partial charge on any atom is -0.486 e. The molecule has 0 saturated carbocycles. The minimum atomic E-state index is -1.02. The summed E-state index contributed by atoms with van der Waals surface area (Å²) in [6, 6.07) is 2.02. The number of hydrogen-bond acceptors (Lipinski definition) is 7. The van der Waals surface area contributed by atoms with Gasteiger partial charge < -0.3 is 30.6 Å². The van der Waals surface area contributed by atoms with Crippen molar-refractivity contribution in [3.8, 4) is 11.5 Å². The van der Waals surface area contributed by atoms with Crippen LogP contribution in [0, 0.1) is 0 Å². The number of urea groups is 2. The molecule has 140 valence electrons. The number of primary amides is 1. The zero-order chi connectivity index (χ0) is 19.1. The van der Waals surface area contributed by atoms with Gasteiger partial charge in [0.25, 0.3) is 5.91 Å². The van der Waals surface area contributed by atoms with Crippen molar-refractivity contribution in [3.05, 3.63) is 18.2 Å². The Kier molecular flexibility index (Phi) is 6.20. The van der Waals surface area contributed by atoms with Crippen molar-refractivity contribution in [1.82, 2.24) is 10.6 Å². The van der Waals surface area contributed by atoms with Crippen molar-refractivity contribution in [2.24, 2.45) is 5.73 Å². The highest BCUT2D eigenvalue weighted by atomic mass is 16.6. The van der Waals surface area contributed by atoms with E-state index in [-0.39, 0.29) is 0 Å². The Morgan fingerprint density at radius 1 is 1.19 bits per heavy atom. The van der Waals surface area contributed by atoms with E-state index in [1.807, 2.05) is 5.32 Å². The molecule has 5 N–H and O–H groups in total. The van der Waals surface area contributed by atoms with Crippen molar-refractivity contribution in [2.45, 2.75) is 13.0 Å². The van der Waals surface area contributed by atoms with E-state index in [4.69, 9.17) is 15.2 Å². The van der Waals surface area contributed by atoms with Crippen LogP contribution in [0.5, 0.6) is 11.5 Å². The van der Waals surface area contributed by atoms with E-state index in [0.29, 0.717) is 30.4 Å². The van der Waals surface area contributed by atoms with Gasteiger partial charge in [0.1, 0.15) is 19.3 Å². The maximum Gasteiger partial charge on any atom is 0.328 e. The molecule has 1 heterocycles. The second-order valence-corrected chi connectivity index (χ2v) is 5.20. The monoisotopic (exact) mass is 366 g/mol. The van der Waals surface area contributed by atoms with Gasteiger partial charge in [-0.25, -0.2) is 14.4 Å². The van der Waals surface area contributed by atoms with Gasteiger partial charge in [-0.2, -0.15) is 0 Å². The molecule has 0 aromatic heterocycles. The maximum atomic E-state index is 11.8. The van der Waals surface area contributed by atoms with E-state index in [1.54, 1.807) is 18.2 Å². The average molecular weight is 366 g/mol.